The van der Waals surface area contributed by atoms with Crippen LogP contribution in [-0.4, -0.2) is 4.98 Å². The number of hydrogen-bond acceptors (Lipinski definition) is 2. The zero-order valence-electron chi connectivity index (χ0n) is 21.9. The van der Waals surface area contributed by atoms with Crippen LogP contribution in [0.5, 0.6) is 0 Å². The number of furan rings is 1. The van der Waals surface area contributed by atoms with Crippen LogP contribution in [0.4, 0.5) is 0 Å². The van der Waals surface area contributed by atoms with Crippen LogP contribution in [0.15, 0.2) is 71.3 Å². The van der Waals surface area contributed by atoms with Crippen LogP contribution in [0.2, 0.25) is 0 Å². The second-order valence-electron chi connectivity index (χ2n) is 9.96. The van der Waals surface area contributed by atoms with Crippen LogP contribution in [-0.2, 0) is 13.5 Å². The molecule has 3 heteroatoms. The number of aromatic nitrogens is 2. The molecular formula is C31H33N2O+. The second kappa shape index (κ2) is 8.72. The van der Waals surface area contributed by atoms with E-state index in [0.717, 1.165) is 39.6 Å². The van der Waals surface area contributed by atoms with Crippen LogP contribution in [0.25, 0.3) is 44.5 Å². The van der Waals surface area contributed by atoms with Crippen molar-refractivity contribution in [3.8, 4) is 22.4 Å². The molecule has 0 aliphatic heterocycles. The van der Waals surface area contributed by atoms with E-state index in [-0.39, 0.29) is 0 Å². The topological polar surface area (TPSA) is 29.9 Å². The van der Waals surface area contributed by atoms with Crippen molar-refractivity contribution in [2.24, 2.45) is 13.0 Å². The first-order valence-corrected chi connectivity index (χ1v) is 12.0. The highest BCUT2D eigenvalue weighted by Gasteiger charge is 2.25. The summed E-state index contributed by atoms with van der Waals surface area (Å²) in [6.45, 7) is 10.3. The lowest BCUT2D eigenvalue weighted by Gasteiger charge is -2.11. The van der Waals surface area contributed by atoms with Crippen LogP contribution in [0.1, 0.15) is 51.8 Å². The van der Waals surface area contributed by atoms with Crippen molar-refractivity contribution >= 4 is 22.1 Å². The average molecular weight is 451 g/mol. The molecule has 3 aromatic heterocycles. The van der Waals surface area contributed by atoms with Gasteiger partial charge >= 0.3 is 0 Å². The van der Waals surface area contributed by atoms with Crippen molar-refractivity contribution in [3.63, 3.8) is 0 Å². The third-order valence-electron chi connectivity index (χ3n) is 6.55. The molecule has 0 saturated carbocycles. The Morgan fingerprint density at radius 1 is 0.941 bits per heavy atom. The summed E-state index contributed by atoms with van der Waals surface area (Å²) in [4.78, 5) is 4.72. The molecular weight excluding hydrogens is 416 g/mol. The number of aryl methyl sites for hydroxylation is 2. The zero-order chi connectivity index (χ0) is 24.9. The van der Waals surface area contributed by atoms with Gasteiger partial charge in [-0.2, -0.15) is 0 Å². The Bertz CT molecular complexity index is 1540. The van der Waals surface area contributed by atoms with Gasteiger partial charge in [-0.15, -0.1) is 0 Å². The van der Waals surface area contributed by atoms with E-state index < -0.39 is 5.89 Å². The van der Waals surface area contributed by atoms with Crippen LogP contribution < -0.4 is 4.57 Å². The number of fused-ring (bicyclic) bond motifs is 3. The Labute approximate surface area is 203 Å². The van der Waals surface area contributed by atoms with E-state index >= 15 is 0 Å². The molecule has 5 rings (SSSR count). The van der Waals surface area contributed by atoms with E-state index in [1.807, 2.05) is 26.0 Å². The first-order valence-electron chi connectivity index (χ1n) is 12.5. The maximum atomic E-state index is 8.39. The fourth-order valence-corrected chi connectivity index (χ4v) is 4.84. The van der Waals surface area contributed by atoms with Crippen molar-refractivity contribution in [2.75, 3.05) is 0 Å². The third-order valence-corrected chi connectivity index (χ3v) is 6.55. The Morgan fingerprint density at radius 3 is 2.38 bits per heavy atom. The minimum Gasteiger partial charge on any atom is -0.437 e. The molecule has 0 N–H and O–H groups in total. The molecule has 0 unspecified atom stereocenters. The minimum absolute atomic E-state index is 0.586. The van der Waals surface area contributed by atoms with Gasteiger partial charge in [0.05, 0.1) is 11.1 Å². The van der Waals surface area contributed by atoms with E-state index in [4.69, 9.17) is 10.8 Å². The first-order chi connectivity index (χ1) is 16.6. The lowest BCUT2D eigenvalue weighted by Crippen LogP contribution is -2.31. The summed E-state index contributed by atoms with van der Waals surface area (Å²) >= 11 is 0. The van der Waals surface area contributed by atoms with Gasteiger partial charge in [0.25, 0.3) is 0 Å². The molecule has 0 aliphatic rings. The summed E-state index contributed by atoms with van der Waals surface area (Å²) in [7, 11) is 2.09. The van der Waals surface area contributed by atoms with Crippen molar-refractivity contribution in [3.05, 3.63) is 83.7 Å². The minimum atomic E-state index is -0.785. The molecule has 3 heterocycles. The van der Waals surface area contributed by atoms with Crippen molar-refractivity contribution < 1.29 is 10.4 Å². The summed E-state index contributed by atoms with van der Waals surface area (Å²) < 4.78 is 17.0. The molecule has 2 aromatic carbocycles. The normalized spacial score (nSPS) is 12.6. The predicted molar refractivity (Wildman–Crippen MR) is 141 cm³/mol. The fraction of sp³-hybridized carbons (Fsp3) is 0.290. The average Bonchev–Trinajstić information content (AvgIpc) is 3.17. The highest BCUT2D eigenvalue weighted by atomic mass is 16.3. The molecule has 5 aromatic rings. The number of nitrogens with zero attached hydrogens (tertiary/aromatic N) is 2. The molecule has 34 heavy (non-hydrogen) atoms. The van der Waals surface area contributed by atoms with E-state index in [1.165, 1.54) is 16.7 Å². The molecule has 0 spiro atoms. The largest absolute Gasteiger partial charge is 0.437 e. The third kappa shape index (κ3) is 3.90. The predicted octanol–water partition coefficient (Wildman–Crippen LogP) is 7.77. The fourth-order valence-electron chi connectivity index (χ4n) is 4.84. The van der Waals surface area contributed by atoms with Crippen LogP contribution in [0, 0.1) is 12.8 Å². The Kier molecular flexibility index (Phi) is 5.41. The molecule has 0 aliphatic carbocycles. The Hall–Kier alpha value is -3.46. The van der Waals surface area contributed by atoms with Crippen LogP contribution >= 0.6 is 0 Å². The molecule has 3 nitrogen and oxygen atoms in total. The maximum Gasteiger partial charge on any atom is 0.227 e. The second-order valence-corrected chi connectivity index (χ2v) is 9.96. The van der Waals surface area contributed by atoms with Gasteiger partial charge < -0.3 is 4.42 Å². The van der Waals surface area contributed by atoms with Crippen molar-refractivity contribution in [1.82, 2.24) is 4.98 Å². The highest BCUT2D eigenvalue weighted by Crippen LogP contribution is 2.40. The van der Waals surface area contributed by atoms with E-state index in [0.29, 0.717) is 17.3 Å². The van der Waals surface area contributed by atoms with Gasteiger partial charge in [-0.1, -0.05) is 64.1 Å². The van der Waals surface area contributed by atoms with Gasteiger partial charge in [-0.05, 0) is 60.0 Å². The van der Waals surface area contributed by atoms with Crippen LogP contribution in [0.3, 0.4) is 0 Å². The molecule has 0 saturated heterocycles. The monoisotopic (exact) mass is 450 g/mol. The van der Waals surface area contributed by atoms with Crippen molar-refractivity contribution in [2.45, 2.75) is 46.9 Å². The number of pyridine rings is 2. The molecule has 0 radical (unpaired) electrons. The zero-order valence-corrected chi connectivity index (χ0v) is 20.9. The first kappa shape index (κ1) is 21.1. The van der Waals surface area contributed by atoms with Gasteiger partial charge in [0, 0.05) is 23.9 Å². The van der Waals surface area contributed by atoms with E-state index in [9.17, 15) is 0 Å². The summed E-state index contributed by atoms with van der Waals surface area (Å²) in [5, 5.41) is 2.02. The molecule has 0 amide bonds. The smallest absolute Gasteiger partial charge is 0.227 e. The Balaban J connectivity index is 1.74. The lowest BCUT2D eigenvalue weighted by atomic mass is 9.93. The SMILES string of the molecule is [2H]C(C)(C)c1ccc2c(n1)oc1c(-c3c(-c4ccc(CC(C)C)cc4)ccc[n+]3C)c(C)ccc12. The summed E-state index contributed by atoms with van der Waals surface area (Å²) in [5.74, 6) is -0.152. The molecule has 172 valence electrons. The van der Waals surface area contributed by atoms with Gasteiger partial charge in [0.15, 0.2) is 11.8 Å². The standard InChI is InChI=1S/C31H33N2O/c1-19(2)18-22-10-12-23(13-11-22)24-8-7-17-33(6)29(24)28-21(5)9-14-25-26-15-16-27(20(3)4)32-31(26)34-30(25)28/h7-17,19-20H,18H2,1-6H3/q+1/i20D. The molecule has 0 bridgehead atoms. The van der Waals surface area contributed by atoms with Gasteiger partial charge in [0.1, 0.15) is 7.05 Å². The lowest BCUT2D eigenvalue weighted by molar-refractivity contribution is -0.659. The highest BCUT2D eigenvalue weighted by molar-refractivity contribution is 6.09. The van der Waals surface area contributed by atoms with Gasteiger partial charge in [-0.25, -0.2) is 9.55 Å². The quantitative estimate of drug-likeness (QED) is 0.256. The summed E-state index contributed by atoms with van der Waals surface area (Å²) in [6.07, 6.45) is 3.17. The van der Waals surface area contributed by atoms with E-state index in [1.54, 1.807) is 0 Å². The van der Waals surface area contributed by atoms with Crippen molar-refractivity contribution in [1.29, 1.82) is 0 Å². The number of rotatable bonds is 5. The molecule has 0 fully saturated rings. The van der Waals surface area contributed by atoms with E-state index in [2.05, 4.69) is 87.1 Å². The maximum absolute atomic E-state index is 8.39. The molecule has 0 atom stereocenters. The summed E-state index contributed by atoms with van der Waals surface area (Å²) in [5.41, 5.74) is 9.20. The van der Waals surface area contributed by atoms with Gasteiger partial charge in [-0.3, -0.25) is 0 Å². The van der Waals surface area contributed by atoms with Gasteiger partial charge in [0.2, 0.25) is 11.4 Å². The Morgan fingerprint density at radius 2 is 1.68 bits per heavy atom. The number of benzene rings is 2. The summed E-state index contributed by atoms with van der Waals surface area (Å²) in [6, 6.07) is 21.5. The number of hydrogen-bond donors (Lipinski definition) is 0.